The number of benzene rings is 1. The highest BCUT2D eigenvalue weighted by Crippen LogP contribution is 2.31. The minimum atomic E-state index is -3.52. The minimum absolute atomic E-state index is 0.0316. The molecule has 2 amide bonds. The number of amides is 2. The first-order valence-corrected chi connectivity index (χ1v) is 12.8. The normalized spacial score (nSPS) is 16.8. The Balaban J connectivity index is 1.59. The van der Waals surface area contributed by atoms with Gasteiger partial charge in [-0.15, -0.1) is 11.8 Å². The van der Waals surface area contributed by atoms with Crippen LogP contribution in [0.1, 0.15) is 19.4 Å². The highest BCUT2D eigenvalue weighted by Gasteiger charge is 2.28. The molecule has 1 aromatic carbocycles. The molecular weight excluding hydrogens is 426 g/mol. The average molecular weight is 456 g/mol. The van der Waals surface area contributed by atoms with Gasteiger partial charge < -0.3 is 14.5 Å². The maximum atomic E-state index is 12.7. The van der Waals surface area contributed by atoms with Crippen molar-refractivity contribution in [2.24, 2.45) is 0 Å². The van der Waals surface area contributed by atoms with E-state index in [-0.39, 0.29) is 28.2 Å². The predicted octanol–water partition coefficient (Wildman–Crippen LogP) is 1.20. The van der Waals surface area contributed by atoms with Crippen LogP contribution in [0, 0.1) is 0 Å². The minimum Gasteiger partial charge on any atom is -0.378 e. The highest BCUT2D eigenvalue weighted by atomic mass is 32.2. The van der Waals surface area contributed by atoms with Crippen molar-refractivity contribution in [1.29, 1.82) is 0 Å². The van der Waals surface area contributed by atoms with Crippen LogP contribution < -0.4 is 4.90 Å². The van der Waals surface area contributed by atoms with Crippen LogP contribution in [-0.4, -0.2) is 86.9 Å². The van der Waals surface area contributed by atoms with Gasteiger partial charge in [0.2, 0.25) is 21.8 Å². The lowest BCUT2D eigenvalue weighted by Gasteiger charge is -2.26. The molecule has 0 bridgehead atoms. The summed E-state index contributed by atoms with van der Waals surface area (Å²) in [6, 6.07) is 4.98. The van der Waals surface area contributed by atoms with Gasteiger partial charge in [0.25, 0.3) is 0 Å². The Hall–Kier alpha value is -1.62. The number of hydrogen-bond donors (Lipinski definition) is 0. The molecule has 0 unspecified atom stereocenters. The van der Waals surface area contributed by atoms with E-state index < -0.39 is 10.0 Å². The van der Waals surface area contributed by atoms with Crippen molar-refractivity contribution < 1.29 is 22.7 Å². The molecule has 1 aromatic rings. The standard InChI is InChI=1S/C20H29N3O5S2/c1-3-22(4-2)30(26,27)17-5-6-18-16(13-17)7-8-23(18)20(25)15-29-14-19(24)21-9-11-28-12-10-21/h5-6,13H,3-4,7-12,14-15H2,1-2H3. The molecule has 2 aliphatic heterocycles. The summed E-state index contributed by atoms with van der Waals surface area (Å²) >= 11 is 1.32. The maximum Gasteiger partial charge on any atom is 0.243 e. The molecule has 0 N–H and O–H groups in total. The van der Waals surface area contributed by atoms with Crippen LogP contribution in [0.3, 0.4) is 0 Å². The molecule has 0 atom stereocenters. The third-order valence-electron chi connectivity index (χ3n) is 5.41. The van der Waals surface area contributed by atoms with E-state index in [0.717, 1.165) is 11.3 Å². The van der Waals surface area contributed by atoms with Crippen molar-refractivity contribution in [1.82, 2.24) is 9.21 Å². The molecule has 0 aliphatic carbocycles. The Morgan fingerprint density at radius 2 is 1.73 bits per heavy atom. The molecule has 8 nitrogen and oxygen atoms in total. The van der Waals surface area contributed by atoms with Crippen molar-refractivity contribution in [3.63, 3.8) is 0 Å². The Kier molecular flexibility index (Phi) is 7.78. The van der Waals surface area contributed by atoms with E-state index in [1.165, 1.54) is 16.1 Å². The summed E-state index contributed by atoms with van der Waals surface area (Å²) in [6.45, 7) is 7.32. The van der Waals surface area contributed by atoms with E-state index in [1.54, 1.807) is 28.0 Å². The Bertz CT molecular complexity index is 880. The summed E-state index contributed by atoms with van der Waals surface area (Å²) in [6.07, 6.45) is 0.625. The van der Waals surface area contributed by atoms with Gasteiger partial charge in [0, 0.05) is 38.4 Å². The summed E-state index contributed by atoms with van der Waals surface area (Å²) in [5.41, 5.74) is 1.63. The van der Waals surface area contributed by atoms with Gasteiger partial charge in [0.1, 0.15) is 0 Å². The summed E-state index contributed by atoms with van der Waals surface area (Å²) < 4.78 is 32.2. The lowest BCUT2D eigenvalue weighted by Crippen LogP contribution is -2.41. The number of carbonyl (C=O) groups is 2. The fraction of sp³-hybridized carbons (Fsp3) is 0.600. The van der Waals surface area contributed by atoms with Crippen molar-refractivity contribution >= 4 is 39.3 Å². The number of anilines is 1. The number of hydrogen-bond acceptors (Lipinski definition) is 6. The van der Waals surface area contributed by atoms with Crippen molar-refractivity contribution in [2.75, 3.05) is 62.3 Å². The zero-order chi connectivity index (χ0) is 21.7. The number of fused-ring (bicyclic) bond motifs is 1. The Morgan fingerprint density at radius 3 is 2.40 bits per heavy atom. The molecule has 1 fully saturated rings. The first-order chi connectivity index (χ1) is 14.4. The summed E-state index contributed by atoms with van der Waals surface area (Å²) in [5, 5.41) is 0. The van der Waals surface area contributed by atoms with Crippen LogP contribution in [0.4, 0.5) is 5.69 Å². The van der Waals surface area contributed by atoms with Gasteiger partial charge in [0.05, 0.1) is 29.6 Å². The van der Waals surface area contributed by atoms with Crippen LogP contribution in [0.2, 0.25) is 0 Å². The number of thioether (sulfide) groups is 1. The van der Waals surface area contributed by atoms with Crippen molar-refractivity contribution in [3.8, 4) is 0 Å². The SMILES string of the molecule is CCN(CC)S(=O)(=O)c1ccc2c(c1)CCN2C(=O)CSCC(=O)N1CCOCC1. The Labute approximate surface area is 182 Å². The second kappa shape index (κ2) is 10.1. The van der Waals surface area contributed by atoms with Gasteiger partial charge in [0.15, 0.2) is 0 Å². The van der Waals surface area contributed by atoms with Gasteiger partial charge >= 0.3 is 0 Å². The van der Waals surface area contributed by atoms with Crippen molar-refractivity contribution in [2.45, 2.75) is 25.2 Å². The third kappa shape index (κ3) is 4.99. The monoisotopic (exact) mass is 455 g/mol. The van der Waals surface area contributed by atoms with E-state index in [4.69, 9.17) is 4.74 Å². The molecule has 0 aromatic heterocycles. The van der Waals surface area contributed by atoms with Crippen LogP contribution in [-0.2, 0) is 30.8 Å². The lowest BCUT2D eigenvalue weighted by atomic mass is 10.2. The molecule has 0 radical (unpaired) electrons. The highest BCUT2D eigenvalue weighted by molar-refractivity contribution is 8.00. The fourth-order valence-corrected chi connectivity index (χ4v) is 6.02. The van der Waals surface area contributed by atoms with Gasteiger partial charge in [-0.2, -0.15) is 4.31 Å². The van der Waals surface area contributed by atoms with Crippen molar-refractivity contribution in [3.05, 3.63) is 23.8 Å². The number of rotatable bonds is 8. The number of sulfonamides is 1. The van der Waals surface area contributed by atoms with E-state index in [9.17, 15) is 18.0 Å². The van der Waals surface area contributed by atoms with Gasteiger partial charge in [-0.3, -0.25) is 9.59 Å². The molecule has 0 saturated carbocycles. The van der Waals surface area contributed by atoms with E-state index >= 15 is 0 Å². The molecule has 30 heavy (non-hydrogen) atoms. The second-order valence-corrected chi connectivity index (χ2v) is 10.1. The quantitative estimate of drug-likeness (QED) is 0.585. The summed E-state index contributed by atoms with van der Waals surface area (Å²) in [7, 11) is -3.52. The first kappa shape index (κ1) is 23.1. The number of nitrogens with zero attached hydrogens (tertiary/aromatic N) is 3. The molecule has 10 heteroatoms. The zero-order valence-corrected chi connectivity index (χ0v) is 19.1. The zero-order valence-electron chi connectivity index (χ0n) is 17.5. The van der Waals surface area contributed by atoms with Crippen LogP contribution >= 0.6 is 11.8 Å². The smallest absolute Gasteiger partial charge is 0.243 e. The molecule has 166 valence electrons. The summed E-state index contributed by atoms with van der Waals surface area (Å²) in [4.78, 5) is 28.6. The largest absolute Gasteiger partial charge is 0.378 e. The fourth-order valence-electron chi connectivity index (χ4n) is 3.72. The van der Waals surface area contributed by atoms with Gasteiger partial charge in [-0.05, 0) is 30.2 Å². The Morgan fingerprint density at radius 1 is 1.07 bits per heavy atom. The topological polar surface area (TPSA) is 87.2 Å². The average Bonchev–Trinajstić information content (AvgIpc) is 3.18. The number of ether oxygens (including phenoxy) is 1. The van der Waals surface area contributed by atoms with E-state index in [0.29, 0.717) is 52.4 Å². The van der Waals surface area contributed by atoms with Gasteiger partial charge in [-0.25, -0.2) is 8.42 Å². The molecule has 0 spiro atoms. The third-order valence-corrected chi connectivity index (χ3v) is 8.35. The molecular formula is C20H29N3O5S2. The van der Waals surface area contributed by atoms with Crippen LogP contribution in [0.25, 0.3) is 0 Å². The molecule has 2 heterocycles. The van der Waals surface area contributed by atoms with Crippen LogP contribution in [0.5, 0.6) is 0 Å². The summed E-state index contributed by atoms with van der Waals surface area (Å²) in [5.74, 6) is 0.458. The maximum absolute atomic E-state index is 12.7. The molecule has 3 rings (SSSR count). The number of morpholine rings is 1. The molecule has 1 saturated heterocycles. The van der Waals surface area contributed by atoms with Gasteiger partial charge in [-0.1, -0.05) is 13.8 Å². The van der Waals surface area contributed by atoms with E-state index in [2.05, 4.69) is 0 Å². The second-order valence-electron chi connectivity index (χ2n) is 7.16. The first-order valence-electron chi connectivity index (χ1n) is 10.2. The van der Waals surface area contributed by atoms with E-state index in [1.807, 2.05) is 13.8 Å². The van der Waals surface area contributed by atoms with Crippen LogP contribution in [0.15, 0.2) is 23.1 Å². The predicted molar refractivity (Wildman–Crippen MR) is 117 cm³/mol. The lowest BCUT2D eigenvalue weighted by molar-refractivity contribution is -0.132. The number of carbonyl (C=O) groups excluding carboxylic acids is 2. The molecule has 2 aliphatic rings.